The zero-order valence-corrected chi connectivity index (χ0v) is 18.1. The van der Waals surface area contributed by atoms with Crippen molar-refractivity contribution in [3.63, 3.8) is 0 Å². The van der Waals surface area contributed by atoms with Crippen LogP contribution in [0.5, 0.6) is 23.0 Å². The van der Waals surface area contributed by atoms with E-state index in [9.17, 15) is 20.1 Å². The third kappa shape index (κ3) is 3.72. The Labute approximate surface area is 181 Å². The van der Waals surface area contributed by atoms with E-state index in [0.29, 0.717) is 40.9 Å². The molecule has 0 atom stereocenters. The van der Waals surface area contributed by atoms with Crippen molar-refractivity contribution in [2.24, 2.45) is 0 Å². The smallest absolute Gasteiger partial charge is 0.193 e. The molecule has 0 unspecified atom stereocenters. The van der Waals surface area contributed by atoms with Crippen LogP contribution in [0.4, 0.5) is 0 Å². The van der Waals surface area contributed by atoms with E-state index < -0.39 is 5.60 Å². The molecule has 5 heteroatoms. The van der Waals surface area contributed by atoms with Gasteiger partial charge in [-0.25, -0.2) is 0 Å². The Bertz CT molecular complexity index is 1190. The highest BCUT2D eigenvalue weighted by atomic mass is 16.5. The van der Waals surface area contributed by atoms with E-state index in [1.165, 1.54) is 18.2 Å². The van der Waals surface area contributed by atoms with Crippen LogP contribution in [0.2, 0.25) is 0 Å². The SMILES string of the molecule is CC(C)=CCC1=C(c2ccc(O)cc2O)Cc2c3c(cc(O)c2C1=O)OC(C)(C)C=C3. The quantitative estimate of drug-likeness (QED) is 0.570. The molecule has 0 fully saturated rings. The molecule has 3 N–H and O–H groups in total. The summed E-state index contributed by atoms with van der Waals surface area (Å²) in [5.41, 5.74) is 3.96. The first-order valence-electron chi connectivity index (χ1n) is 10.3. The number of phenolic OH excluding ortho intramolecular Hbond substituents is 3. The van der Waals surface area contributed by atoms with Gasteiger partial charge in [0, 0.05) is 35.3 Å². The van der Waals surface area contributed by atoms with Gasteiger partial charge in [0.05, 0.1) is 5.56 Å². The molecule has 0 saturated carbocycles. The first-order valence-corrected chi connectivity index (χ1v) is 10.3. The number of hydrogen-bond donors (Lipinski definition) is 3. The number of phenols is 3. The number of carbonyl (C=O) groups excluding carboxylic acids is 1. The Morgan fingerprint density at radius 2 is 1.87 bits per heavy atom. The van der Waals surface area contributed by atoms with E-state index in [2.05, 4.69) is 0 Å². The van der Waals surface area contributed by atoms with Gasteiger partial charge in [-0.3, -0.25) is 4.79 Å². The summed E-state index contributed by atoms with van der Waals surface area (Å²) in [6, 6.07) is 5.89. The summed E-state index contributed by atoms with van der Waals surface area (Å²) in [7, 11) is 0. The fraction of sp³-hybridized carbons (Fsp3) is 0.269. The molecule has 2 aromatic carbocycles. The summed E-state index contributed by atoms with van der Waals surface area (Å²) in [5, 5.41) is 31.0. The molecule has 0 aromatic heterocycles. The second-order valence-corrected chi connectivity index (χ2v) is 8.85. The van der Waals surface area contributed by atoms with Crippen molar-refractivity contribution >= 4 is 17.4 Å². The van der Waals surface area contributed by atoms with Gasteiger partial charge in [0.1, 0.15) is 28.6 Å². The van der Waals surface area contributed by atoms with Gasteiger partial charge in [0.25, 0.3) is 0 Å². The zero-order valence-electron chi connectivity index (χ0n) is 18.1. The zero-order chi connectivity index (χ0) is 22.5. The van der Waals surface area contributed by atoms with E-state index in [4.69, 9.17) is 4.74 Å². The molecule has 160 valence electrons. The monoisotopic (exact) mass is 418 g/mol. The van der Waals surface area contributed by atoms with E-state index >= 15 is 0 Å². The maximum atomic E-state index is 13.6. The number of rotatable bonds is 3. The van der Waals surface area contributed by atoms with Crippen LogP contribution < -0.4 is 4.74 Å². The number of aromatic hydroxyl groups is 3. The predicted molar refractivity (Wildman–Crippen MR) is 121 cm³/mol. The van der Waals surface area contributed by atoms with Crippen LogP contribution in [0, 0.1) is 0 Å². The Kier molecular flexibility index (Phi) is 4.92. The van der Waals surface area contributed by atoms with Gasteiger partial charge in [-0.2, -0.15) is 0 Å². The molecule has 0 radical (unpaired) electrons. The molecule has 0 spiro atoms. The molecule has 0 amide bonds. The number of allylic oxidation sites excluding steroid dienone is 4. The lowest BCUT2D eigenvalue weighted by molar-refractivity contribution is 0.102. The molecule has 2 aromatic rings. The number of hydrogen-bond acceptors (Lipinski definition) is 5. The van der Waals surface area contributed by atoms with E-state index in [1.807, 2.05) is 45.9 Å². The van der Waals surface area contributed by atoms with Crippen molar-refractivity contribution in [2.45, 2.75) is 46.1 Å². The van der Waals surface area contributed by atoms with Crippen LogP contribution >= 0.6 is 0 Å². The molecule has 0 bridgehead atoms. The molecular formula is C26H26O5. The number of fused-ring (bicyclic) bond motifs is 3. The molecule has 1 aliphatic heterocycles. The summed E-state index contributed by atoms with van der Waals surface area (Å²) >= 11 is 0. The molecule has 1 heterocycles. The van der Waals surface area contributed by atoms with Gasteiger partial charge in [-0.05, 0) is 63.5 Å². The topological polar surface area (TPSA) is 87.0 Å². The van der Waals surface area contributed by atoms with E-state index in [-0.39, 0.29) is 28.6 Å². The van der Waals surface area contributed by atoms with Crippen LogP contribution in [0.3, 0.4) is 0 Å². The van der Waals surface area contributed by atoms with Crippen molar-refractivity contribution < 1.29 is 24.9 Å². The van der Waals surface area contributed by atoms with Crippen LogP contribution in [-0.2, 0) is 6.42 Å². The molecule has 4 rings (SSSR count). The highest BCUT2D eigenvalue weighted by Gasteiger charge is 2.34. The molecule has 0 saturated heterocycles. The summed E-state index contributed by atoms with van der Waals surface area (Å²) in [5.74, 6) is 0.0126. The van der Waals surface area contributed by atoms with E-state index in [1.54, 1.807) is 6.07 Å². The first kappa shape index (κ1) is 20.8. The number of benzene rings is 2. The average Bonchev–Trinajstić information content (AvgIpc) is 2.65. The number of ether oxygens (including phenoxy) is 1. The summed E-state index contributed by atoms with van der Waals surface area (Å²) in [6.45, 7) is 7.76. The average molecular weight is 418 g/mol. The van der Waals surface area contributed by atoms with Crippen molar-refractivity contribution in [2.75, 3.05) is 0 Å². The Morgan fingerprint density at radius 1 is 1.13 bits per heavy atom. The fourth-order valence-electron chi connectivity index (χ4n) is 4.14. The van der Waals surface area contributed by atoms with Gasteiger partial charge in [0.2, 0.25) is 0 Å². The molecule has 1 aliphatic carbocycles. The van der Waals surface area contributed by atoms with Gasteiger partial charge in [-0.1, -0.05) is 17.7 Å². The summed E-state index contributed by atoms with van der Waals surface area (Å²) in [4.78, 5) is 13.6. The lowest BCUT2D eigenvalue weighted by atomic mass is 9.77. The second kappa shape index (κ2) is 7.34. The molecule has 2 aliphatic rings. The first-order chi connectivity index (χ1) is 14.6. The normalized spacial score (nSPS) is 16.5. The third-order valence-corrected chi connectivity index (χ3v) is 5.68. The van der Waals surface area contributed by atoms with E-state index in [0.717, 1.165) is 11.1 Å². The standard InChI is InChI=1S/C26H26O5/c1-14(2)5-7-18-19(16-8-6-15(27)11-21(16)28)12-20-17-9-10-26(3,4)31-23(17)13-22(29)24(20)25(18)30/h5-6,8-11,13,27-29H,7,12H2,1-4H3. The fourth-order valence-corrected chi connectivity index (χ4v) is 4.14. The van der Waals surface area contributed by atoms with Crippen LogP contribution in [0.1, 0.15) is 61.2 Å². The summed E-state index contributed by atoms with van der Waals surface area (Å²) in [6.07, 6.45) is 6.54. The van der Waals surface area contributed by atoms with Crippen LogP contribution in [0.25, 0.3) is 11.6 Å². The van der Waals surface area contributed by atoms with Crippen molar-refractivity contribution in [3.8, 4) is 23.0 Å². The lowest BCUT2D eigenvalue weighted by Crippen LogP contribution is -2.28. The van der Waals surface area contributed by atoms with Gasteiger partial charge in [-0.15, -0.1) is 0 Å². The van der Waals surface area contributed by atoms with Crippen LogP contribution in [0.15, 0.2) is 47.6 Å². The van der Waals surface area contributed by atoms with Crippen LogP contribution in [-0.4, -0.2) is 26.7 Å². The predicted octanol–water partition coefficient (Wildman–Crippen LogP) is 5.54. The minimum Gasteiger partial charge on any atom is -0.508 e. The highest BCUT2D eigenvalue weighted by Crippen LogP contribution is 2.46. The third-order valence-electron chi connectivity index (χ3n) is 5.68. The van der Waals surface area contributed by atoms with Crippen molar-refractivity contribution in [1.82, 2.24) is 0 Å². The van der Waals surface area contributed by atoms with Gasteiger partial charge < -0.3 is 20.1 Å². The largest absolute Gasteiger partial charge is 0.508 e. The highest BCUT2D eigenvalue weighted by molar-refractivity contribution is 6.18. The Balaban J connectivity index is 1.95. The minimum absolute atomic E-state index is 0.0520. The number of ketones is 1. The maximum absolute atomic E-state index is 13.6. The second-order valence-electron chi connectivity index (χ2n) is 8.85. The van der Waals surface area contributed by atoms with Crippen molar-refractivity contribution in [1.29, 1.82) is 0 Å². The molecule has 5 nitrogen and oxygen atoms in total. The lowest BCUT2D eigenvalue weighted by Gasteiger charge is -2.32. The Hall–Kier alpha value is -3.47. The van der Waals surface area contributed by atoms with Gasteiger partial charge >= 0.3 is 0 Å². The number of carbonyl (C=O) groups is 1. The minimum atomic E-state index is -0.519. The number of Topliss-reactive ketones (excluding diaryl/α,β-unsaturated/α-hetero) is 1. The van der Waals surface area contributed by atoms with Gasteiger partial charge in [0.15, 0.2) is 5.78 Å². The maximum Gasteiger partial charge on any atom is 0.193 e. The Morgan fingerprint density at radius 3 is 2.55 bits per heavy atom. The summed E-state index contributed by atoms with van der Waals surface area (Å²) < 4.78 is 6.02. The molecular weight excluding hydrogens is 392 g/mol. The molecule has 31 heavy (non-hydrogen) atoms. The van der Waals surface area contributed by atoms with Crippen molar-refractivity contribution in [3.05, 3.63) is 69.8 Å².